The topological polar surface area (TPSA) is 27.7 Å². The number of benzene rings is 1. The van der Waals surface area contributed by atoms with Gasteiger partial charge in [-0.15, -0.1) is 0 Å². The Morgan fingerprint density at radius 2 is 0.833 bits per heavy atom. The number of methoxy groups -OCH3 is 3. The van der Waals surface area contributed by atoms with Gasteiger partial charge in [-0.2, -0.15) is 0 Å². The normalized spacial score (nSPS) is 10.3. The van der Waals surface area contributed by atoms with Crippen LogP contribution in [0.25, 0.3) is 0 Å². The lowest BCUT2D eigenvalue weighted by Gasteiger charge is -2.21. The van der Waals surface area contributed by atoms with Crippen molar-refractivity contribution in [2.24, 2.45) is 0 Å². The predicted molar refractivity (Wildman–Crippen MR) is 84.0 cm³/mol. The summed E-state index contributed by atoms with van der Waals surface area (Å²) in [6.07, 6.45) is 0. The summed E-state index contributed by atoms with van der Waals surface area (Å²) in [6.45, 7) is 0. The number of hydrogen-bond donors (Lipinski definition) is 0. The summed E-state index contributed by atoms with van der Waals surface area (Å²) < 4.78 is 16.5. The Hall–Kier alpha value is 0.0600. The second kappa shape index (κ2) is 7.60. The van der Waals surface area contributed by atoms with Crippen molar-refractivity contribution in [3.8, 4) is 17.2 Å². The Balaban J connectivity index is 3.71. The minimum Gasteiger partial charge on any atom is -0.496 e. The summed E-state index contributed by atoms with van der Waals surface area (Å²) in [5, 5.41) is 1.97. The monoisotopic (exact) mass is 444 g/mol. The van der Waals surface area contributed by atoms with Crippen LogP contribution in [0.3, 0.4) is 0 Å². The van der Waals surface area contributed by atoms with Crippen molar-refractivity contribution in [1.29, 1.82) is 0 Å². The fourth-order valence-corrected chi connectivity index (χ4v) is 3.49. The maximum atomic E-state index is 5.51. The fraction of sp³-hybridized carbons (Fsp3) is 0.500. The SMILES string of the molecule is COc1c(CBr)c(OC)c(CBr)c(OC)c1CBr. The van der Waals surface area contributed by atoms with E-state index in [0.717, 1.165) is 33.9 Å². The van der Waals surface area contributed by atoms with E-state index in [2.05, 4.69) is 47.8 Å². The van der Waals surface area contributed by atoms with E-state index in [1.165, 1.54) is 0 Å². The van der Waals surface area contributed by atoms with Crippen molar-refractivity contribution in [1.82, 2.24) is 0 Å². The molecule has 0 spiro atoms. The highest BCUT2D eigenvalue weighted by Crippen LogP contribution is 2.46. The van der Waals surface area contributed by atoms with Crippen molar-refractivity contribution in [2.75, 3.05) is 21.3 Å². The molecule has 1 aromatic carbocycles. The van der Waals surface area contributed by atoms with Crippen LogP contribution in [0.2, 0.25) is 0 Å². The summed E-state index contributed by atoms with van der Waals surface area (Å²) in [6, 6.07) is 0. The van der Waals surface area contributed by atoms with Gasteiger partial charge in [-0.05, 0) is 0 Å². The largest absolute Gasteiger partial charge is 0.496 e. The third-order valence-corrected chi connectivity index (χ3v) is 4.34. The first-order chi connectivity index (χ1) is 8.69. The van der Waals surface area contributed by atoms with E-state index in [0.29, 0.717) is 16.0 Å². The number of hydrogen-bond acceptors (Lipinski definition) is 3. The van der Waals surface area contributed by atoms with E-state index in [1.807, 2.05) is 0 Å². The summed E-state index contributed by atoms with van der Waals surface area (Å²) in [4.78, 5) is 0. The number of halogens is 3. The van der Waals surface area contributed by atoms with Crippen LogP contribution in [0.15, 0.2) is 0 Å². The van der Waals surface area contributed by atoms with Crippen molar-refractivity contribution < 1.29 is 14.2 Å². The van der Waals surface area contributed by atoms with E-state index in [-0.39, 0.29) is 0 Å². The summed E-state index contributed by atoms with van der Waals surface area (Å²) in [5.41, 5.74) is 2.97. The molecule has 0 aliphatic rings. The van der Waals surface area contributed by atoms with E-state index < -0.39 is 0 Å². The Kier molecular flexibility index (Phi) is 6.81. The third kappa shape index (κ3) is 2.80. The Bertz CT molecular complexity index is 301. The molecule has 102 valence electrons. The highest BCUT2D eigenvalue weighted by molar-refractivity contribution is 9.09. The molecule has 6 heteroatoms. The van der Waals surface area contributed by atoms with Gasteiger partial charge in [-0.3, -0.25) is 0 Å². The lowest BCUT2D eigenvalue weighted by atomic mass is 10.0. The average molecular weight is 447 g/mol. The van der Waals surface area contributed by atoms with E-state index in [1.54, 1.807) is 21.3 Å². The predicted octanol–water partition coefficient (Wildman–Crippen LogP) is 4.40. The molecule has 0 heterocycles. The zero-order chi connectivity index (χ0) is 13.7. The van der Waals surface area contributed by atoms with E-state index in [9.17, 15) is 0 Å². The van der Waals surface area contributed by atoms with Gasteiger partial charge in [0.15, 0.2) is 0 Å². The van der Waals surface area contributed by atoms with Crippen molar-refractivity contribution in [3.63, 3.8) is 0 Å². The molecule has 0 N–H and O–H groups in total. The molecule has 1 aromatic rings. The summed E-state index contributed by atoms with van der Waals surface area (Å²) in [7, 11) is 4.96. The first-order valence-electron chi connectivity index (χ1n) is 5.20. The maximum absolute atomic E-state index is 5.51. The zero-order valence-corrected chi connectivity index (χ0v) is 15.2. The first kappa shape index (κ1) is 16.1. The molecule has 0 unspecified atom stereocenters. The van der Waals surface area contributed by atoms with Crippen LogP contribution < -0.4 is 14.2 Å². The van der Waals surface area contributed by atoms with Gasteiger partial charge in [0.05, 0.1) is 21.3 Å². The lowest BCUT2D eigenvalue weighted by molar-refractivity contribution is 0.362. The van der Waals surface area contributed by atoms with Gasteiger partial charge < -0.3 is 14.2 Å². The second-order valence-electron chi connectivity index (χ2n) is 3.44. The van der Waals surface area contributed by atoms with E-state index >= 15 is 0 Å². The molecule has 0 saturated heterocycles. The smallest absolute Gasteiger partial charge is 0.134 e. The molecule has 0 aliphatic heterocycles. The number of ether oxygens (including phenoxy) is 3. The third-order valence-electron chi connectivity index (χ3n) is 2.66. The molecule has 0 aromatic heterocycles. The number of rotatable bonds is 6. The molecular weight excluding hydrogens is 432 g/mol. The van der Waals surface area contributed by atoms with Crippen LogP contribution in [-0.4, -0.2) is 21.3 Å². The standard InChI is InChI=1S/C12H15Br3O3/c1-16-10-7(4-13)11(17-2)9(6-15)12(18-3)8(10)5-14/h4-6H2,1-3H3. The Labute approximate surface area is 133 Å². The van der Waals surface area contributed by atoms with Crippen LogP contribution in [-0.2, 0) is 16.0 Å². The van der Waals surface area contributed by atoms with Gasteiger partial charge in [0.25, 0.3) is 0 Å². The fourth-order valence-electron chi connectivity index (χ4n) is 1.96. The van der Waals surface area contributed by atoms with Gasteiger partial charge in [0.2, 0.25) is 0 Å². The highest BCUT2D eigenvalue weighted by atomic mass is 79.9. The second-order valence-corrected chi connectivity index (χ2v) is 5.12. The van der Waals surface area contributed by atoms with Crippen LogP contribution in [0.5, 0.6) is 17.2 Å². The van der Waals surface area contributed by atoms with Gasteiger partial charge in [-0.25, -0.2) is 0 Å². The molecule has 3 nitrogen and oxygen atoms in total. The molecule has 0 aliphatic carbocycles. The van der Waals surface area contributed by atoms with Gasteiger partial charge >= 0.3 is 0 Å². The molecule has 0 fully saturated rings. The van der Waals surface area contributed by atoms with Crippen LogP contribution in [0, 0.1) is 0 Å². The lowest BCUT2D eigenvalue weighted by Crippen LogP contribution is -2.05. The zero-order valence-electron chi connectivity index (χ0n) is 10.5. The molecule has 0 amide bonds. The summed E-state index contributed by atoms with van der Waals surface area (Å²) in [5.74, 6) is 2.38. The molecule has 18 heavy (non-hydrogen) atoms. The molecular formula is C12H15Br3O3. The molecule has 0 radical (unpaired) electrons. The quantitative estimate of drug-likeness (QED) is 0.606. The Morgan fingerprint density at radius 3 is 0.944 bits per heavy atom. The van der Waals surface area contributed by atoms with Crippen LogP contribution in [0.4, 0.5) is 0 Å². The van der Waals surface area contributed by atoms with Gasteiger partial charge in [-0.1, -0.05) is 47.8 Å². The first-order valence-corrected chi connectivity index (χ1v) is 8.56. The average Bonchev–Trinajstić information content (AvgIpc) is 2.43. The van der Waals surface area contributed by atoms with Crippen LogP contribution >= 0.6 is 47.8 Å². The summed E-state index contributed by atoms with van der Waals surface area (Å²) >= 11 is 10.4. The minimum atomic E-state index is 0.656. The maximum Gasteiger partial charge on any atom is 0.134 e. The van der Waals surface area contributed by atoms with E-state index in [4.69, 9.17) is 14.2 Å². The number of alkyl halides is 3. The van der Waals surface area contributed by atoms with Gasteiger partial charge in [0, 0.05) is 32.7 Å². The minimum absolute atomic E-state index is 0.656. The molecule has 1 rings (SSSR count). The van der Waals surface area contributed by atoms with Crippen LogP contribution in [0.1, 0.15) is 16.7 Å². The molecule has 0 atom stereocenters. The Morgan fingerprint density at radius 1 is 0.611 bits per heavy atom. The van der Waals surface area contributed by atoms with Crippen molar-refractivity contribution in [2.45, 2.75) is 16.0 Å². The molecule has 0 bridgehead atoms. The highest BCUT2D eigenvalue weighted by Gasteiger charge is 2.24. The van der Waals surface area contributed by atoms with Gasteiger partial charge in [0.1, 0.15) is 17.2 Å². The van der Waals surface area contributed by atoms with Crippen molar-refractivity contribution >= 4 is 47.8 Å². The van der Waals surface area contributed by atoms with Crippen molar-refractivity contribution in [3.05, 3.63) is 16.7 Å². The molecule has 0 saturated carbocycles.